The molecule has 0 spiro atoms. The van der Waals surface area contributed by atoms with E-state index in [1.165, 1.54) is 37.4 Å². The number of aromatic hydroxyl groups is 1. The maximum atomic E-state index is 13.5. The second kappa shape index (κ2) is 12.5. The van der Waals surface area contributed by atoms with E-state index in [4.69, 9.17) is 20.3 Å². The smallest absolute Gasteiger partial charge is 0.412 e. The van der Waals surface area contributed by atoms with Crippen LogP contribution in [-0.4, -0.2) is 50.4 Å². The van der Waals surface area contributed by atoms with Gasteiger partial charge in [-0.15, -0.1) is 0 Å². The van der Waals surface area contributed by atoms with Gasteiger partial charge in [0.15, 0.2) is 0 Å². The second-order valence-corrected chi connectivity index (χ2v) is 11.5. The lowest BCUT2D eigenvalue weighted by atomic mass is 9.93. The van der Waals surface area contributed by atoms with Crippen molar-refractivity contribution in [3.63, 3.8) is 0 Å². The molecule has 5 aromatic rings. The average molecular weight is 616 g/mol. The van der Waals surface area contributed by atoms with Crippen LogP contribution in [0.3, 0.4) is 0 Å². The van der Waals surface area contributed by atoms with Gasteiger partial charge in [0.2, 0.25) is 0 Å². The van der Waals surface area contributed by atoms with Crippen molar-refractivity contribution in [2.24, 2.45) is 5.73 Å². The minimum atomic E-state index is -4.07. The average Bonchev–Trinajstić information content (AvgIpc) is 3.02. The zero-order valence-corrected chi connectivity index (χ0v) is 24.3. The van der Waals surface area contributed by atoms with Gasteiger partial charge in [0.05, 0.1) is 17.7 Å². The number of hydrogen-bond donors (Lipinski definition) is 5. The third-order valence-electron chi connectivity index (χ3n) is 7.03. The third-order valence-corrected chi connectivity index (χ3v) is 8.42. The highest BCUT2D eigenvalue weighted by atomic mass is 32.2. The van der Waals surface area contributed by atoms with E-state index in [1.54, 1.807) is 48.5 Å². The molecule has 5 rings (SSSR count). The molecular weight excluding hydrogens is 586 g/mol. The zero-order valence-electron chi connectivity index (χ0n) is 23.5. The summed E-state index contributed by atoms with van der Waals surface area (Å²) in [6.45, 7) is -0.0479. The molecule has 0 aliphatic carbocycles. The highest BCUT2D eigenvalue weighted by Crippen LogP contribution is 2.46. The lowest BCUT2D eigenvalue weighted by Crippen LogP contribution is -2.36. The van der Waals surface area contributed by atoms with Crippen LogP contribution in [0, 0.1) is 0 Å². The fourth-order valence-electron chi connectivity index (χ4n) is 4.80. The maximum Gasteiger partial charge on any atom is 0.412 e. The Morgan fingerprint density at radius 1 is 0.909 bits per heavy atom. The van der Waals surface area contributed by atoms with E-state index >= 15 is 0 Å². The van der Waals surface area contributed by atoms with Gasteiger partial charge in [-0.3, -0.25) is 9.52 Å². The maximum absolute atomic E-state index is 13.5. The van der Waals surface area contributed by atoms with Gasteiger partial charge in [-0.2, -0.15) is 0 Å². The molecule has 1 amide bonds. The van der Waals surface area contributed by atoms with Crippen LogP contribution in [-0.2, 0) is 14.8 Å². The summed E-state index contributed by atoms with van der Waals surface area (Å²) in [6, 6.07) is 23.6. The van der Waals surface area contributed by atoms with Gasteiger partial charge >= 0.3 is 12.1 Å². The van der Waals surface area contributed by atoms with E-state index in [0.717, 1.165) is 5.39 Å². The molecule has 44 heavy (non-hydrogen) atoms. The number of hydrogen-bond acceptors (Lipinski definition) is 8. The Kier molecular flexibility index (Phi) is 8.56. The Labute approximate surface area is 252 Å². The number of ether oxygens (including phenoxy) is 2. The van der Waals surface area contributed by atoms with Gasteiger partial charge in [0.1, 0.15) is 23.3 Å². The van der Waals surface area contributed by atoms with Gasteiger partial charge in [-0.25, -0.2) is 13.2 Å². The number of phenols is 1. The molecule has 0 aliphatic rings. The Hall–Kier alpha value is -5.33. The number of benzene rings is 5. The van der Waals surface area contributed by atoms with Gasteiger partial charge < -0.3 is 30.7 Å². The van der Waals surface area contributed by atoms with Crippen LogP contribution in [0.15, 0.2) is 95.9 Å². The molecule has 0 saturated carbocycles. The number of carbonyl (C=O) groups excluding carboxylic acids is 1. The lowest BCUT2D eigenvalue weighted by Gasteiger charge is -2.19. The van der Waals surface area contributed by atoms with E-state index in [0.29, 0.717) is 27.5 Å². The molecule has 11 nitrogen and oxygen atoms in total. The summed E-state index contributed by atoms with van der Waals surface area (Å²) >= 11 is 0. The summed E-state index contributed by atoms with van der Waals surface area (Å²) in [4.78, 5) is 23.8. The normalized spacial score (nSPS) is 12.0. The van der Waals surface area contributed by atoms with E-state index in [1.807, 2.05) is 12.1 Å². The number of carboxylic acid groups (broad SMARTS) is 1. The summed E-state index contributed by atoms with van der Waals surface area (Å²) in [5.41, 5.74) is 6.26. The molecule has 6 N–H and O–H groups in total. The Bertz CT molecular complexity index is 1980. The molecule has 0 saturated heterocycles. The minimum Gasteiger partial charge on any atom is -0.507 e. The van der Waals surface area contributed by atoms with Crippen molar-refractivity contribution >= 4 is 49.3 Å². The fourth-order valence-corrected chi connectivity index (χ4v) is 5.87. The van der Waals surface area contributed by atoms with Crippen molar-refractivity contribution < 1.29 is 37.7 Å². The van der Waals surface area contributed by atoms with Crippen LogP contribution in [0.4, 0.5) is 10.5 Å². The molecular formula is C32H29N3O8S. The number of nitrogens with two attached hydrogens (primary N) is 1. The van der Waals surface area contributed by atoms with Gasteiger partial charge in [0.25, 0.3) is 10.0 Å². The first kappa shape index (κ1) is 30.1. The van der Waals surface area contributed by atoms with E-state index in [-0.39, 0.29) is 40.6 Å². The summed E-state index contributed by atoms with van der Waals surface area (Å²) < 4.78 is 40.3. The van der Waals surface area contributed by atoms with E-state index in [9.17, 15) is 23.1 Å². The third kappa shape index (κ3) is 6.21. The van der Waals surface area contributed by atoms with Crippen molar-refractivity contribution in [3.8, 4) is 28.4 Å². The molecule has 1 unspecified atom stereocenters. The largest absolute Gasteiger partial charge is 0.507 e. The van der Waals surface area contributed by atoms with Crippen LogP contribution in [0.25, 0.3) is 32.7 Å². The van der Waals surface area contributed by atoms with E-state index in [2.05, 4.69) is 10.0 Å². The molecule has 0 aromatic heterocycles. The predicted molar refractivity (Wildman–Crippen MR) is 167 cm³/mol. The molecule has 1 atom stereocenters. The summed E-state index contributed by atoms with van der Waals surface area (Å²) in [5, 5.41) is 25.2. The highest BCUT2D eigenvalue weighted by molar-refractivity contribution is 7.92. The summed E-state index contributed by atoms with van der Waals surface area (Å²) in [5.74, 6) is -0.763. The number of sulfonamides is 1. The molecule has 0 radical (unpaired) electrons. The minimum absolute atomic E-state index is 0.00507. The molecule has 5 aromatic carbocycles. The number of fused-ring (bicyclic) bond motifs is 2. The number of rotatable bonds is 10. The van der Waals surface area contributed by atoms with Crippen LogP contribution in [0.5, 0.6) is 17.2 Å². The predicted octanol–water partition coefficient (Wildman–Crippen LogP) is 5.07. The lowest BCUT2D eigenvalue weighted by molar-refractivity contribution is -0.138. The Balaban J connectivity index is 1.61. The summed E-state index contributed by atoms with van der Waals surface area (Å²) in [6.07, 6.45) is -0.877. The number of anilines is 1. The van der Waals surface area contributed by atoms with Crippen LogP contribution in [0.2, 0.25) is 0 Å². The van der Waals surface area contributed by atoms with Gasteiger partial charge in [0, 0.05) is 28.4 Å². The molecule has 0 heterocycles. The van der Waals surface area contributed by atoms with Crippen molar-refractivity contribution in [2.75, 3.05) is 18.4 Å². The Morgan fingerprint density at radius 3 is 2.25 bits per heavy atom. The highest BCUT2D eigenvalue weighted by Gasteiger charge is 2.23. The number of carbonyl (C=O) groups is 2. The molecule has 12 heteroatoms. The number of carboxylic acids is 1. The quantitative estimate of drug-likeness (QED) is 0.134. The number of phenolic OH excluding ortho intramolecular Hbond substituents is 1. The van der Waals surface area contributed by atoms with Crippen LogP contribution >= 0.6 is 0 Å². The number of nitrogens with one attached hydrogen (secondary N) is 2. The molecule has 226 valence electrons. The number of amides is 1. The molecule has 0 bridgehead atoms. The second-order valence-electron chi connectivity index (χ2n) is 9.86. The fraction of sp³-hybridized carbons (Fsp3) is 0.125. The Morgan fingerprint density at radius 2 is 1.57 bits per heavy atom. The number of methoxy groups -OCH3 is 1. The standard InChI is InChI=1S/C32H29N3O8S/c1-42-20-11-13-21(14-12-20)44(40,41)35-27-18-25(30(36)24-9-5-4-8-23(24)27)29-22-7-3-2-6-19(22)10-15-28(29)43-32(39)34-17-16-26(33)31(37)38/h2-15,18,26,35-36H,16-17,33H2,1H3,(H,34,39)(H,37,38). The monoisotopic (exact) mass is 615 g/mol. The molecule has 0 aliphatic heterocycles. The van der Waals surface area contributed by atoms with E-state index < -0.39 is 28.1 Å². The van der Waals surface area contributed by atoms with Gasteiger partial charge in [-0.05, 0) is 53.6 Å². The summed E-state index contributed by atoms with van der Waals surface area (Å²) in [7, 11) is -2.59. The first-order chi connectivity index (χ1) is 21.1. The van der Waals surface area contributed by atoms with Gasteiger partial charge in [-0.1, -0.05) is 54.6 Å². The SMILES string of the molecule is COc1ccc(S(=O)(=O)Nc2cc(-c3c(OC(=O)NCCC(N)C(=O)O)ccc4ccccc34)c(O)c3ccccc23)cc1. The topological polar surface area (TPSA) is 177 Å². The van der Waals surface area contributed by atoms with Crippen molar-refractivity contribution in [1.29, 1.82) is 0 Å². The van der Waals surface area contributed by atoms with Crippen molar-refractivity contribution in [1.82, 2.24) is 5.32 Å². The number of aliphatic carboxylic acids is 1. The first-order valence-electron chi connectivity index (χ1n) is 13.5. The van der Waals surface area contributed by atoms with Crippen LogP contribution < -0.4 is 25.2 Å². The van der Waals surface area contributed by atoms with Crippen molar-refractivity contribution in [2.45, 2.75) is 17.4 Å². The first-order valence-corrected chi connectivity index (χ1v) is 14.9. The van der Waals surface area contributed by atoms with Crippen molar-refractivity contribution in [3.05, 3.63) is 91.0 Å². The zero-order chi connectivity index (χ0) is 31.4. The molecule has 0 fully saturated rings. The van der Waals surface area contributed by atoms with Crippen LogP contribution in [0.1, 0.15) is 6.42 Å².